The van der Waals surface area contributed by atoms with Crippen LogP contribution in [-0.4, -0.2) is 13.6 Å². The zero-order valence-corrected chi connectivity index (χ0v) is 10.9. The summed E-state index contributed by atoms with van der Waals surface area (Å²) < 4.78 is 0. The fourth-order valence-electron chi connectivity index (χ4n) is 1.73. The summed E-state index contributed by atoms with van der Waals surface area (Å²) in [5, 5.41) is 0. The average molecular weight is 220 g/mol. The van der Waals surface area contributed by atoms with Gasteiger partial charge in [-0.3, -0.25) is 0 Å². The van der Waals surface area contributed by atoms with Crippen molar-refractivity contribution in [3.63, 3.8) is 0 Å². The molecule has 0 bridgehead atoms. The molecule has 0 amide bonds. The quantitative estimate of drug-likeness (QED) is 0.825. The van der Waals surface area contributed by atoms with Crippen molar-refractivity contribution in [3.05, 3.63) is 29.8 Å². The van der Waals surface area contributed by atoms with Gasteiger partial charge in [-0.15, -0.1) is 0 Å². The lowest BCUT2D eigenvalue weighted by Gasteiger charge is -2.23. The van der Waals surface area contributed by atoms with Gasteiger partial charge >= 0.3 is 0 Å². The molecule has 16 heavy (non-hydrogen) atoms. The molecule has 0 radical (unpaired) electrons. The van der Waals surface area contributed by atoms with Gasteiger partial charge in [-0.05, 0) is 30.5 Å². The van der Waals surface area contributed by atoms with Gasteiger partial charge in [0.05, 0.1) is 0 Å². The molecule has 0 aromatic heterocycles. The van der Waals surface area contributed by atoms with Crippen LogP contribution in [0.5, 0.6) is 0 Å². The minimum atomic E-state index is 0.119. The van der Waals surface area contributed by atoms with Gasteiger partial charge in [0, 0.05) is 25.3 Å². The Bertz CT molecular complexity index is 303. The molecule has 2 nitrogen and oxygen atoms in total. The zero-order valence-electron chi connectivity index (χ0n) is 10.9. The normalized spacial score (nSPS) is 14.6. The van der Waals surface area contributed by atoms with Gasteiger partial charge in [-0.25, -0.2) is 0 Å². The van der Waals surface area contributed by atoms with Gasteiger partial charge in [-0.2, -0.15) is 0 Å². The van der Waals surface area contributed by atoms with Crippen molar-refractivity contribution in [2.45, 2.75) is 33.2 Å². The van der Waals surface area contributed by atoms with E-state index in [4.69, 9.17) is 5.73 Å². The minimum absolute atomic E-state index is 0.119. The summed E-state index contributed by atoms with van der Waals surface area (Å²) in [4.78, 5) is 2.30. The smallest absolute Gasteiger partial charge is 0.0363 e. The highest BCUT2D eigenvalue weighted by molar-refractivity contribution is 5.47. The lowest BCUT2D eigenvalue weighted by Crippen LogP contribution is -2.23. The summed E-state index contributed by atoms with van der Waals surface area (Å²) in [7, 11) is 2.15. The van der Waals surface area contributed by atoms with Gasteiger partial charge in [-0.1, -0.05) is 32.4 Å². The maximum atomic E-state index is 5.83. The molecule has 1 rings (SSSR count). The molecule has 2 heteroatoms. The van der Waals surface area contributed by atoms with Gasteiger partial charge < -0.3 is 10.6 Å². The van der Waals surface area contributed by atoms with Crippen molar-refractivity contribution in [2.24, 2.45) is 11.7 Å². The largest absolute Gasteiger partial charge is 0.374 e. The van der Waals surface area contributed by atoms with Crippen molar-refractivity contribution in [2.75, 3.05) is 18.5 Å². The van der Waals surface area contributed by atoms with Crippen LogP contribution >= 0.6 is 0 Å². The van der Waals surface area contributed by atoms with E-state index in [1.165, 1.54) is 17.7 Å². The predicted octanol–water partition coefficient (Wildman–Crippen LogP) is 3.19. The first-order valence-corrected chi connectivity index (χ1v) is 6.11. The number of nitrogens with two attached hydrogens (primary N) is 1. The topological polar surface area (TPSA) is 29.3 Å². The second-order valence-electron chi connectivity index (χ2n) is 4.77. The van der Waals surface area contributed by atoms with E-state index in [0.29, 0.717) is 0 Å². The van der Waals surface area contributed by atoms with E-state index in [9.17, 15) is 0 Å². The van der Waals surface area contributed by atoms with E-state index < -0.39 is 0 Å². The van der Waals surface area contributed by atoms with Gasteiger partial charge in [0.1, 0.15) is 0 Å². The molecule has 0 aliphatic carbocycles. The number of benzene rings is 1. The van der Waals surface area contributed by atoms with Crippen LogP contribution in [-0.2, 0) is 0 Å². The molecule has 2 unspecified atom stereocenters. The minimum Gasteiger partial charge on any atom is -0.374 e. The first-order chi connectivity index (χ1) is 7.54. The number of anilines is 1. The maximum absolute atomic E-state index is 5.83. The lowest BCUT2D eigenvalue weighted by atomic mass is 10.1. The van der Waals surface area contributed by atoms with Gasteiger partial charge in [0.15, 0.2) is 0 Å². The Balaban J connectivity index is 2.66. The molecule has 0 saturated carbocycles. The molecule has 2 N–H and O–H groups in total. The predicted molar refractivity (Wildman–Crippen MR) is 71.8 cm³/mol. The SMILES string of the molecule is CCC(C)CN(C)c1ccc(C(C)N)cc1. The summed E-state index contributed by atoms with van der Waals surface area (Å²) in [5.41, 5.74) is 8.29. The summed E-state index contributed by atoms with van der Waals surface area (Å²) in [6.45, 7) is 7.64. The number of hydrogen-bond donors (Lipinski definition) is 1. The molecule has 0 saturated heterocycles. The average Bonchev–Trinajstić information content (AvgIpc) is 2.28. The van der Waals surface area contributed by atoms with Crippen LogP contribution in [0.2, 0.25) is 0 Å². The van der Waals surface area contributed by atoms with Crippen molar-refractivity contribution in [1.29, 1.82) is 0 Å². The standard InChI is InChI=1S/C14H24N2/c1-5-11(2)10-16(4)14-8-6-13(7-9-14)12(3)15/h6-9,11-12H,5,10,15H2,1-4H3. The van der Waals surface area contributed by atoms with Crippen LogP contribution in [0.15, 0.2) is 24.3 Å². The fraction of sp³-hybridized carbons (Fsp3) is 0.571. The van der Waals surface area contributed by atoms with E-state index in [1.807, 2.05) is 6.92 Å². The van der Waals surface area contributed by atoms with Crippen molar-refractivity contribution in [1.82, 2.24) is 0 Å². The Morgan fingerprint density at radius 2 is 1.75 bits per heavy atom. The summed E-state index contributed by atoms with van der Waals surface area (Å²) in [6.07, 6.45) is 1.22. The Morgan fingerprint density at radius 3 is 2.19 bits per heavy atom. The van der Waals surface area contributed by atoms with Crippen molar-refractivity contribution in [3.8, 4) is 0 Å². The highest BCUT2D eigenvalue weighted by Gasteiger charge is 2.06. The van der Waals surface area contributed by atoms with Crippen molar-refractivity contribution >= 4 is 5.69 Å². The fourth-order valence-corrected chi connectivity index (χ4v) is 1.73. The number of rotatable bonds is 5. The van der Waals surface area contributed by atoms with E-state index in [-0.39, 0.29) is 6.04 Å². The van der Waals surface area contributed by atoms with Crippen LogP contribution in [0.3, 0.4) is 0 Å². The van der Waals surface area contributed by atoms with Crippen LogP contribution in [0.25, 0.3) is 0 Å². The Labute approximate surface area is 99.5 Å². The first-order valence-electron chi connectivity index (χ1n) is 6.11. The van der Waals surface area contributed by atoms with Gasteiger partial charge in [0.25, 0.3) is 0 Å². The van der Waals surface area contributed by atoms with Crippen LogP contribution in [0.1, 0.15) is 38.8 Å². The Hall–Kier alpha value is -1.02. The molecule has 2 atom stereocenters. The molecule has 90 valence electrons. The Kier molecular flexibility index (Phi) is 4.81. The first kappa shape index (κ1) is 13.0. The van der Waals surface area contributed by atoms with Gasteiger partial charge in [0.2, 0.25) is 0 Å². The third kappa shape index (κ3) is 3.53. The molecule has 0 heterocycles. The van der Waals surface area contributed by atoms with Crippen molar-refractivity contribution < 1.29 is 0 Å². The Morgan fingerprint density at radius 1 is 1.19 bits per heavy atom. The van der Waals surface area contributed by atoms with Crippen LogP contribution in [0, 0.1) is 5.92 Å². The molecule has 1 aromatic carbocycles. The summed E-state index contributed by atoms with van der Waals surface area (Å²) in [6, 6.07) is 8.66. The highest BCUT2D eigenvalue weighted by atomic mass is 15.1. The zero-order chi connectivity index (χ0) is 12.1. The molecular weight excluding hydrogens is 196 g/mol. The highest BCUT2D eigenvalue weighted by Crippen LogP contribution is 2.18. The van der Waals surface area contributed by atoms with E-state index in [0.717, 1.165) is 12.5 Å². The second kappa shape index (κ2) is 5.90. The molecular formula is C14H24N2. The maximum Gasteiger partial charge on any atom is 0.0363 e. The summed E-state index contributed by atoms with van der Waals surface area (Å²) >= 11 is 0. The van der Waals surface area contributed by atoms with Crippen LogP contribution < -0.4 is 10.6 Å². The van der Waals surface area contributed by atoms with E-state index in [2.05, 4.69) is 50.1 Å². The molecule has 0 aliphatic heterocycles. The summed E-state index contributed by atoms with van der Waals surface area (Å²) in [5.74, 6) is 0.734. The number of nitrogens with zero attached hydrogens (tertiary/aromatic N) is 1. The lowest BCUT2D eigenvalue weighted by molar-refractivity contribution is 0.560. The molecule has 0 spiro atoms. The number of hydrogen-bond acceptors (Lipinski definition) is 2. The van der Waals surface area contributed by atoms with E-state index >= 15 is 0 Å². The molecule has 1 aromatic rings. The third-order valence-corrected chi connectivity index (χ3v) is 3.14. The second-order valence-corrected chi connectivity index (χ2v) is 4.77. The third-order valence-electron chi connectivity index (χ3n) is 3.14. The monoisotopic (exact) mass is 220 g/mol. The van der Waals surface area contributed by atoms with E-state index in [1.54, 1.807) is 0 Å². The molecule has 0 fully saturated rings. The molecule has 0 aliphatic rings. The van der Waals surface area contributed by atoms with Crippen LogP contribution in [0.4, 0.5) is 5.69 Å².